The quantitative estimate of drug-likeness (QED) is 0.894. The summed E-state index contributed by atoms with van der Waals surface area (Å²) in [5, 5.41) is 2.95. The Morgan fingerprint density at radius 1 is 1.23 bits per heavy atom. The van der Waals surface area contributed by atoms with Gasteiger partial charge in [0.2, 0.25) is 11.8 Å². The molecule has 2 aliphatic heterocycles. The Morgan fingerprint density at radius 3 is 2.69 bits per heavy atom. The fourth-order valence-electron chi connectivity index (χ4n) is 4.09. The van der Waals surface area contributed by atoms with Crippen molar-refractivity contribution in [1.29, 1.82) is 0 Å². The van der Waals surface area contributed by atoms with E-state index in [9.17, 15) is 14.0 Å². The van der Waals surface area contributed by atoms with Crippen LogP contribution in [0.25, 0.3) is 0 Å². The van der Waals surface area contributed by atoms with Crippen molar-refractivity contribution in [3.63, 3.8) is 0 Å². The SMILES string of the molecule is CN(CC(=O)N1CCC2(CCNC(=O)CC2)CC1)Cc1ccccc1F. The van der Waals surface area contributed by atoms with Crippen LogP contribution in [0, 0.1) is 11.2 Å². The summed E-state index contributed by atoms with van der Waals surface area (Å²) in [6.45, 7) is 2.96. The molecule has 26 heavy (non-hydrogen) atoms. The van der Waals surface area contributed by atoms with Crippen LogP contribution in [0.4, 0.5) is 4.39 Å². The molecule has 6 heteroatoms. The van der Waals surface area contributed by atoms with E-state index in [0.29, 0.717) is 25.1 Å². The topological polar surface area (TPSA) is 52.7 Å². The number of nitrogens with zero attached hydrogens (tertiary/aromatic N) is 2. The summed E-state index contributed by atoms with van der Waals surface area (Å²) in [7, 11) is 1.85. The van der Waals surface area contributed by atoms with Crippen molar-refractivity contribution >= 4 is 11.8 Å². The molecule has 0 aliphatic carbocycles. The van der Waals surface area contributed by atoms with Gasteiger partial charge in [-0.2, -0.15) is 0 Å². The lowest BCUT2D eigenvalue weighted by atomic mass is 9.73. The third-order valence-electron chi connectivity index (χ3n) is 5.84. The number of carbonyl (C=O) groups is 2. The van der Waals surface area contributed by atoms with Crippen molar-refractivity contribution in [1.82, 2.24) is 15.1 Å². The van der Waals surface area contributed by atoms with E-state index in [1.807, 2.05) is 22.9 Å². The summed E-state index contributed by atoms with van der Waals surface area (Å²) < 4.78 is 13.8. The lowest BCUT2D eigenvalue weighted by molar-refractivity contribution is -0.134. The van der Waals surface area contributed by atoms with Gasteiger partial charge in [0.1, 0.15) is 5.82 Å². The van der Waals surface area contributed by atoms with Gasteiger partial charge in [-0.05, 0) is 44.2 Å². The first kappa shape index (κ1) is 18.8. The van der Waals surface area contributed by atoms with Gasteiger partial charge in [0.25, 0.3) is 0 Å². The van der Waals surface area contributed by atoms with E-state index in [4.69, 9.17) is 0 Å². The normalized spacial score (nSPS) is 20.1. The number of nitrogens with one attached hydrogen (secondary N) is 1. The van der Waals surface area contributed by atoms with Gasteiger partial charge in [-0.25, -0.2) is 4.39 Å². The van der Waals surface area contributed by atoms with Crippen LogP contribution in [0.15, 0.2) is 24.3 Å². The fourth-order valence-corrected chi connectivity index (χ4v) is 4.09. The van der Waals surface area contributed by atoms with Crippen molar-refractivity contribution in [2.75, 3.05) is 33.2 Å². The second-order valence-electron chi connectivity index (χ2n) is 7.74. The van der Waals surface area contributed by atoms with Crippen LogP contribution in [0.5, 0.6) is 0 Å². The number of hydrogen-bond donors (Lipinski definition) is 1. The predicted octanol–water partition coefficient (Wildman–Crippen LogP) is 2.17. The highest BCUT2D eigenvalue weighted by Crippen LogP contribution is 2.40. The van der Waals surface area contributed by atoms with Gasteiger partial charge in [0, 0.05) is 38.2 Å². The van der Waals surface area contributed by atoms with Gasteiger partial charge in [0.05, 0.1) is 6.54 Å². The minimum Gasteiger partial charge on any atom is -0.356 e. The highest BCUT2D eigenvalue weighted by Gasteiger charge is 2.37. The van der Waals surface area contributed by atoms with E-state index < -0.39 is 0 Å². The molecule has 0 saturated carbocycles. The molecule has 2 fully saturated rings. The van der Waals surface area contributed by atoms with Crippen LogP contribution in [0.3, 0.4) is 0 Å². The van der Waals surface area contributed by atoms with Crippen molar-refractivity contribution in [3.8, 4) is 0 Å². The van der Waals surface area contributed by atoms with Gasteiger partial charge < -0.3 is 10.2 Å². The first-order chi connectivity index (χ1) is 12.5. The minimum atomic E-state index is -0.233. The molecule has 0 radical (unpaired) electrons. The second kappa shape index (κ2) is 8.16. The molecular weight excluding hydrogens is 333 g/mol. The van der Waals surface area contributed by atoms with E-state index in [1.165, 1.54) is 6.07 Å². The standard InChI is InChI=1S/C20H28FN3O2/c1-23(14-16-4-2-3-5-17(16)21)15-19(26)24-12-9-20(10-13-24)7-6-18(25)22-11-8-20/h2-5H,6-15H2,1H3,(H,22,25). The average Bonchev–Trinajstić information content (AvgIpc) is 2.79. The van der Waals surface area contributed by atoms with Crippen LogP contribution in [-0.2, 0) is 16.1 Å². The summed E-state index contributed by atoms with van der Waals surface area (Å²) in [6.07, 6.45) is 4.46. The summed E-state index contributed by atoms with van der Waals surface area (Å²) in [5.41, 5.74) is 0.811. The largest absolute Gasteiger partial charge is 0.356 e. The van der Waals surface area contributed by atoms with Crippen molar-refractivity contribution in [2.24, 2.45) is 5.41 Å². The maximum absolute atomic E-state index is 13.8. The van der Waals surface area contributed by atoms with Gasteiger partial charge in [-0.15, -0.1) is 0 Å². The Kier molecular flexibility index (Phi) is 5.91. The molecule has 1 aromatic carbocycles. The number of rotatable bonds is 4. The Balaban J connectivity index is 1.49. The molecule has 0 bridgehead atoms. The first-order valence-corrected chi connectivity index (χ1v) is 9.44. The molecule has 5 nitrogen and oxygen atoms in total. The van der Waals surface area contributed by atoms with Gasteiger partial charge in [0.15, 0.2) is 0 Å². The molecule has 1 aromatic rings. The van der Waals surface area contributed by atoms with Crippen LogP contribution in [0.2, 0.25) is 0 Å². The molecule has 0 unspecified atom stereocenters. The predicted molar refractivity (Wildman–Crippen MR) is 97.8 cm³/mol. The fraction of sp³-hybridized carbons (Fsp3) is 0.600. The number of likely N-dealkylation sites (N-methyl/N-ethyl adjacent to an activating group) is 1. The molecule has 0 atom stereocenters. The smallest absolute Gasteiger partial charge is 0.236 e. The summed E-state index contributed by atoms with van der Waals surface area (Å²) >= 11 is 0. The number of benzene rings is 1. The Morgan fingerprint density at radius 2 is 1.96 bits per heavy atom. The molecule has 2 amide bonds. The Bertz CT molecular complexity index is 656. The Hall–Kier alpha value is -1.95. The zero-order valence-corrected chi connectivity index (χ0v) is 15.5. The lowest BCUT2D eigenvalue weighted by Gasteiger charge is -2.41. The van der Waals surface area contributed by atoms with Crippen LogP contribution in [0.1, 0.15) is 37.7 Å². The van der Waals surface area contributed by atoms with E-state index in [0.717, 1.165) is 45.3 Å². The van der Waals surface area contributed by atoms with E-state index in [2.05, 4.69) is 5.32 Å². The number of amides is 2. The molecule has 2 aliphatic rings. The number of piperidine rings is 1. The monoisotopic (exact) mass is 361 g/mol. The van der Waals surface area contributed by atoms with Crippen molar-refractivity contribution in [3.05, 3.63) is 35.6 Å². The first-order valence-electron chi connectivity index (χ1n) is 9.44. The molecule has 2 heterocycles. The maximum Gasteiger partial charge on any atom is 0.236 e. The molecule has 1 spiro atoms. The molecule has 3 rings (SSSR count). The van der Waals surface area contributed by atoms with Crippen LogP contribution in [-0.4, -0.2) is 54.8 Å². The van der Waals surface area contributed by atoms with Gasteiger partial charge in [-0.3, -0.25) is 14.5 Å². The molecule has 1 N–H and O–H groups in total. The zero-order valence-electron chi connectivity index (χ0n) is 15.5. The zero-order chi connectivity index (χ0) is 18.6. The van der Waals surface area contributed by atoms with Crippen molar-refractivity contribution < 1.29 is 14.0 Å². The van der Waals surface area contributed by atoms with E-state index >= 15 is 0 Å². The van der Waals surface area contributed by atoms with Gasteiger partial charge >= 0.3 is 0 Å². The van der Waals surface area contributed by atoms with E-state index in [-0.39, 0.29) is 23.0 Å². The molecule has 0 aromatic heterocycles. The minimum absolute atomic E-state index is 0.0986. The Labute approximate surface area is 154 Å². The highest BCUT2D eigenvalue weighted by molar-refractivity contribution is 5.78. The lowest BCUT2D eigenvalue weighted by Crippen LogP contribution is -2.46. The van der Waals surface area contributed by atoms with Gasteiger partial charge in [-0.1, -0.05) is 18.2 Å². The summed E-state index contributed by atoms with van der Waals surface area (Å²) in [5.74, 6) is 0.0138. The molecule has 142 valence electrons. The highest BCUT2D eigenvalue weighted by atomic mass is 19.1. The number of carbonyl (C=O) groups excluding carboxylic acids is 2. The number of hydrogen-bond acceptors (Lipinski definition) is 3. The molecule has 2 saturated heterocycles. The third kappa shape index (κ3) is 4.61. The number of halogens is 1. The second-order valence-corrected chi connectivity index (χ2v) is 7.74. The number of likely N-dealkylation sites (tertiary alicyclic amines) is 1. The third-order valence-corrected chi connectivity index (χ3v) is 5.84. The maximum atomic E-state index is 13.8. The van der Waals surface area contributed by atoms with Crippen LogP contribution >= 0.6 is 0 Å². The van der Waals surface area contributed by atoms with Crippen LogP contribution < -0.4 is 5.32 Å². The van der Waals surface area contributed by atoms with E-state index in [1.54, 1.807) is 12.1 Å². The summed E-state index contributed by atoms with van der Waals surface area (Å²) in [6, 6.07) is 6.68. The van der Waals surface area contributed by atoms with Crippen molar-refractivity contribution in [2.45, 2.75) is 38.6 Å². The summed E-state index contributed by atoms with van der Waals surface area (Å²) in [4.78, 5) is 27.9. The molecular formula is C20H28FN3O2. The average molecular weight is 361 g/mol.